The van der Waals surface area contributed by atoms with Crippen molar-refractivity contribution in [1.29, 1.82) is 0 Å². The van der Waals surface area contributed by atoms with Crippen LogP contribution in [0.4, 0.5) is 0 Å². The Bertz CT molecular complexity index is 729. The zero-order valence-corrected chi connectivity index (χ0v) is 16.2. The average molecular weight is 346 g/mol. The Labute approximate surface area is 144 Å². The van der Waals surface area contributed by atoms with E-state index in [1.807, 2.05) is 41.9 Å². The normalized spacial score (nSPS) is 12.2. The molecule has 0 radical (unpaired) electrons. The number of carbonyl (C=O) groups is 1. The monoisotopic (exact) mass is 345 g/mol. The van der Waals surface area contributed by atoms with Crippen molar-refractivity contribution in [3.8, 4) is 0 Å². The first-order valence-electron chi connectivity index (χ1n) is 8.18. The van der Waals surface area contributed by atoms with Crippen molar-refractivity contribution in [1.82, 2.24) is 14.7 Å². The molecule has 0 aliphatic carbocycles. The third-order valence-corrected chi connectivity index (χ3v) is 5.37. The van der Waals surface area contributed by atoms with E-state index in [1.165, 1.54) is 0 Å². The van der Waals surface area contributed by atoms with Crippen LogP contribution in [0.2, 0.25) is 25.7 Å². The number of ketones is 1. The first kappa shape index (κ1) is 18.4. The number of hydrogen-bond donors (Lipinski definition) is 0. The van der Waals surface area contributed by atoms with Crippen molar-refractivity contribution in [2.45, 2.75) is 32.4 Å². The molecule has 24 heavy (non-hydrogen) atoms. The Balaban J connectivity index is 2.09. The van der Waals surface area contributed by atoms with E-state index in [2.05, 4.69) is 24.7 Å². The number of rotatable bonds is 8. The van der Waals surface area contributed by atoms with Gasteiger partial charge in [0.2, 0.25) is 0 Å². The highest BCUT2D eigenvalue weighted by molar-refractivity contribution is 6.76. The van der Waals surface area contributed by atoms with Crippen LogP contribution in [0, 0.1) is 0 Å². The van der Waals surface area contributed by atoms with Crippen LogP contribution in [0.25, 0.3) is 10.9 Å². The molecule has 0 spiro atoms. The molecule has 130 valence electrons. The zero-order valence-electron chi connectivity index (χ0n) is 15.2. The Morgan fingerprint density at radius 3 is 2.75 bits per heavy atom. The summed E-state index contributed by atoms with van der Waals surface area (Å²) in [6.07, 6.45) is 5.14. The van der Waals surface area contributed by atoms with Crippen LogP contribution in [-0.4, -0.2) is 49.2 Å². The fourth-order valence-corrected chi connectivity index (χ4v) is 2.93. The first-order valence-corrected chi connectivity index (χ1v) is 11.9. The van der Waals surface area contributed by atoms with Gasteiger partial charge in [0.15, 0.2) is 5.78 Å². The summed E-state index contributed by atoms with van der Waals surface area (Å²) in [5.41, 5.74) is 1.58. The van der Waals surface area contributed by atoms with E-state index in [0.29, 0.717) is 12.3 Å². The van der Waals surface area contributed by atoms with Gasteiger partial charge >= 0.3 is 0 Å². The molecule has 2 aromatic rings. The standard InChI is InChI=1S/C18H27N3O2Si/c1-20(2)9-8-18(22)15-6-7-16-13-19-21(17(16)12-15)14-23-10-11-24(3,4)5/h6-9,12-13H,10-11,14H2,1-5H3. The molecule has 1 aromatic carbocycles. The van der Waals surface area contributed by atoms with Gasteiger partial charge in [-0.1, -0.05) is 31.8 Å². The highest BCUT2D eigenvalue weighted by atomic mass is 28.3. The second-order valence-electron chi connectivity index (χ2n) is 7.41. The van der Waals surface area contributed by atoms with Crippen LogP contribution in [0.5, 0.6) is 0 Å². The van der Waals surface area contributed by atoms with Crippen molar-refractivity contribution in [2.75, 3.05) is 20.7 Å². The summed E-state index contributed by atoms with van der Waals surface area (Å²) in [5, 5.41) is 5.38. The molecule has 0 N–H and O–H groups in total. The molecule has 0 unspecified atom stereocenters. The number of aromatic nitrogens is 2. The van der Waals surface area contributed by atoms with E-state index in [9.17, 15) is 4.79 Å². The summed E-state index contributed by atoms with van der Waals surface area (Å²) in [6.45, 7) is 8.16. The van der Waals surface area contributed by atoms with Crippen LogP contribution in [0.3, 0.4) is 0 Å². The van der Waals surface area contributed by atoms with Gasteiger partial charge in [-0.2, -0.15) is 5.10 Å². The molecule has 1 heterocycles. The Kier molecular flexibility index (Phi) is 5.96. The van der Waals surface area contributed by atoms with Crippen molar-refractivity contribution < 1.29 is 9.53 Å². The highest BCUT2D eigenvalue weighted by Crippen LogP contribution is 2.17. The fraction of sp³-hybridized carbons (Fsp3) is 0.444. The van der Waals surface area contributed by atoms with Gasteiger partial charge in [0.25, 0.3) is 0 Å². The Hall–Kier alpha value is -1.92. The van der Waals surface area contributed by atoms with Crippen LogP contribution in [0.15, 0.2) is 36.7 Å². The number of fused-ring (bicyclic) bond motifs is 1. The Morgan fingerprint density at radius 1 is 1.33 bits per heavy atom. The lowest BCUT2D eigenvalue weighted by molar-refractivity contribution is 0.0816. The maximum absolute atomic E-state index is 12.2. The van der Waals surface area contributed by atoms with Crippen molar-refractivity contribution in [3.63, 3.8) is 0 Å². The maximum atomic E-state index is 12.2. The number of allylic oxidation sites excluding steroid dienone is 1. The average Bonchev–Trinajstić information content (AvgIpc) is 2.90. The summed E-state index contributed by atoms with van der Waals surface area (Å²) >= 11 is 0. The van der Waals surface area contributed by atoms with Gasteiger partial charge in [0.1, 0.15) is 6.73 Å². The molecular weight excluding hydrogens is 318 g/mol. The minimum atomic E-state index is -1.09. The van der Waals surface area contributed by atoms with Gasteiger partial charge in [-0.15, -0.1) is 0 Å². The van der Waals surface area contributed by atoms with Crippen molar-refractivity contribution in [3.05, 3.63) is 42.2 Å². The van der Waals surface area contributed by atoms with Gasteiger partial charge in [-0.3, -0.25) is 4.79 Å². The lowest BCUT2D eigenvalue weighted by Crippen LogP contribution is -2.22. The SMILES string of the molecule is CN(C)C=CC(=O)c1ccc2cnn(COCC[Si](C)(C)C)c2c1. The molecule has 1 aromatic heterocycles. The maximum Gasteiger partial charge on any atom is 0.187 e. The molecule has 2 rings (SSSR count). The second kappa shape index (κ2) is 7.77. The zero-order chi connectivity index (χ0) is 17.7. The van der Waals surface area contributed by atoms with Crippen LogP contribution >= 0.6 is 0 Å². The summed E-state index contributed by atoms with van der Waals surface area (Å²) in [5.74, 6) is -0.0157. The highest BCUT2D eigenvalue weighted by Gasteiger charge is 2.12. The predicted octanol–water partition coefficient (Wildman–Crippen LogP) is 3.61. The van der Waals surface area contributed by atoms with Crippen LogP contribution in [-0.2, 0) is 11.5 Å². The molecule has 0 aliphatic rings. The molecule has 0 atom stereocenters. The predicted molar refractivity (Wildman–Crippen MR) is 101 cm³/mol. The summed E-state index contributed by atoms with van der Waals surface area (Å²) in [6, 6.07) is 6.78. The molecule has 0 saturated carbocycles. The van der Waals surface area contributed by atoms with Gasteiger partial charge in [0, 0.05) is 52.0 Å². The third-order valence-electron chi connectivity index (χ3n) is 3.66. The van der Waals surface area contributed by atoms with E-state index in [0.717, 1.165) is 23.6 Å². The fourth-order valence-electron chi connectivity index (χ4n) is 2.17. The first-order chi connectivity index (χ1) is 11.3. The van der Waals surface area contributed by atoms with Crippen LogP contribution < -0.4 is 0 Å². The minimum Gasteiger partial charge on any atom is -0.383 e. The molecule has 0 amide bonds. The number of ether oxygens (including phenoxy) is 1. The Morgan fingerprint density at radius 2 is 2.08 bits per heavy atom. The third kappa shape index (κ3) is 5.32. The number of nitrogens with zero attached hydrogens (tertiary/aromatic N) is 3. The van der Waals surface area contributed by atoms with Crippen molar-refractivity contribution in [2.24, 2.45) is 0 Å². The van der Waals surface area contributed by atoms with Gasteiger partial charge < -0.3 is 9.64 Å². The quantitative estimate of drug-likeness (QED) is 0.317. The molecule has 6 heteroatoms. The summed E-state index contributed by atoms with van der Waals surface area (Å²) < 4.78 is 7.58. The molecule has 0 aliphatic heterocycles. The van der Waals surface area contributed by atoms with Crippen molar-refractivity contribution >= 4 is 24.8 Å². The minimum absolute atomic E-state index is 0.0157. The number of carbonyl (C=O) groups excluding carboxylic acids is 1. The molecule has 0 bridgehead atoms. The van der Waals surface area contributed by atoms with E-state index in [4.69, 9.17) is 4.74 Å². The molecule has 0 saturated heterocycles. The van der Waals surface area contributed by atoms with E-state index in [1.54, 1.807) is 18.5 Å². The topological polar surface area (TPSA) is 47.4 Å². The van der Waals surface area contributed by atoms with Gasteiger partial charge in [-0.05, 0) is 12.1 Å². The van der Waals surface area contributed by atoms with E-state index in [-0.39, 0.29) is 5.78 Å². The summed E-state index contributed by atoms with van der Waals surface area (Å²) in [4.78, 5) is 14.1. The second-order valence-corrected chi connectivity index (χ2v) is 13.0. The number of benzene rings is 1. The van der Waals surface area contributed by atoms with Gasteiger partial charge in [-0.25, -0.2) is 4.68 Å². The summed E-state index contributed by atoms with van der Waals surface area (Å²) in [7, 11) is 2.69. The number of hydrogen-bond acceptors (Lipinski definition) is 4. The lowest BCUT2D eigenvalue weighted by Gasteiger charge is -2.15. The molecular formula is C18H27N3O2Si. The lowest BCUT2D eigenvalue weighted by atomic mass is 10.1. The largest absolute Gasteiger partial charge is 0.383 e. The molecule has 0 fully saturated rings. The van der Waals surface area contributed by atoms with E-state index >= 15 is 0 Å². The van der Waals surface area contributed by atoms with E-state index < -0.39 is 8.07 Å². The smallest absolute Gasteiger partial charge is 0.187 e. The van der Waals surface area contributed by atoms with Crippen LogP contribution in [0.1, 0.15) is 10.4 Å². The van der Waals surface area contributed by atoms with Gasteiger partial charge in [0.05, 0.1) is 11.7 Å². The molecule has 5 nitrogen and oxygen atoms in total.